The van der Waals surface area contributed by atoms with Crippen LogP contribution in [0.25, 0.3) is 10.9 Å². The summed E-state index contributed by atoms with van der Waals surface area (Å²) >= 11 is 6.26. The first-order valence-electron chi connectivity index (χ1n) is 11.4. The lowest BCUT2D eigenvalue weighted by molar-refractivity contribution is -0.138. The van der Waals surface area contributed by atoms with Gasteiger partial charge in [-0.3, -0.25) is 4.79 Å². The first kappa shape index (κ1) is 25.3. The lowest BCUT2D eigenvalue weighted by Gasteiger charge is -2.17. The van der Waals surface area contributed by atoms with Crippen molar-refractivity contribution in [1.82, 2.24) is 4.57 Å². The van der Waals surface area contributed by atoms with Gasteiger partial charge in [-0.05, 0) is 49.8 Å². The first-order valence-corrected chi connectivity index (χ1v) is 11.7. The number of nitrogens with zero attached hydrogens (tertiary/aromatic N) is 1. The molecule has 1 unspecified atom stereocenters. The number of hydrogen-bond acceptors (Lipinski definition) is 2. The molecule has 2 atom stereocenters. The van der Waals surface area contributed by atoms with Crippen molar-refractivity contribution in [1.29, 1.82) is 0 Å². The molecule has 170 valence electrons. The van der Waals surface area contributed by atoms with Crippen molar-refractivity contribution < 1.29 is 15.0 Å². The molecular weight excluding hydrogens is 410 g/mol. The molecule has 5 heteroatoms. The van der Waals surface area contributed by atoms with Gasteiger partial charge in [0.05, 0.1) is 6.10 Å². The predicted octanol–water partition coefficient (Wildman–Crippen LogP) is 6.52. The molecule has 4 nitrogen and oxygen atoms in total. The van der Waals surface area contributed by atoms with E-state index >= 15 is 0 Å². The van der Waals surface area contributed by atoms with E-state index in [1.807, 2.05) is 32.2 Å². The smallest absolute Gasteiger partial charge is 0.303 e. The van der Waals surface area contributed by atoms with Gasteiger partial charge in [0, 0.05) is 53.0 Å². The molecule has 0 saturated heterocycles. The van der Waals surface area contributed by atoms with Crippen molar-refractivity contribution in [3.63, 3.8) is 0 Å². The lowest BCUT2D eigenvalue weighted by Crippen LogP contribution is -2.11. The van der Waals surface area contributed by atoms with Gasteiger partial charge in [0.25, 0.3) is 0 Å². The molecule has 2 aromatic rings. The van der Waals surface area contributed by atoms with Gasteiger partial charge in [-0.25, -0.2) is 0 Å². The minimum absolute atomic E-state index is 0.0532. The normalized spacial score (nSPS) is 13.3. The van der Waals surface area contributed by atoms with E-state index in [2.05, 4.69) is 30.3 Å². The Morgan fingerprint density at radius 3 is 2.55 bits per heavy atom. The Balaban J connectivity index is 2.12. The van der Waals surface area contributed by atoms with Crippen LogP contribution in [0.3, 0.4) is 0 Å². The summed E-state index contributed by atoms with van der Waals surface area (Å²) in [7, 11) is 2.03. The Kier molecular flexibility index (Phi) is 9.93. The fraction of sp³-hybridized carbons (Fsp3) is 0.577. The molecule has 0 saturated carbocycles. The molecule has 1 aromatic heterocycles. The zero-order valence-electron chi connectivity index (χ0n) is 19.2. The van der Waals surface area contributed by atoms with Crippen LogP contribution in [0.15, 0.2) is 18.2 Å². The van der Waals surface area contributed by atoms with E-state index in [9.17, 15) is 9.90 Å². The van der Waals surface area contributed by atoms with E-state index < -0.39 is 12.1 Å². The highest BCUT2D eigenvalue weighted by atomic mass is 35.5. The average Bonchev–Trinajstić information content (AvgIpc) is 2.94. The summed E-state index contributed by atoms with van der Waals surface area (Å²) in [6.07, 6.45) is 6.02. The molecular formula is C26H36ClNO3. The minimum Gasteiger partial charge on any atom is -0.481 e. The van der Waals surface area contributed by atoms with Crippen LogP contribution in [-0.2, 0) is 18.3 Å². The second kappa shape index (κ2) is 12.2. The van der Waals surface area contributed by atoms with Crippen LogP contribution in [0.2, 0.25) is 5.02 Å². The molecule has 1 heterocycles. The van der Waals surface area contributed by atoms with Crippen molar-refractivity contribution in [3.05, 3.63) is 34.5 Å². The quantitative estimate of drug-likeness (QED) is 0.305. The standard InChI is InChI=1S/C26H36ClNO3/c1-18(2)11-9-7-5-6-8-10-12-23-26(24(29)15-19(3)16-25(30)31)21-17-20(27)13-14-22(21)28(23)4/h13-14,17-19,24,29H,5-8,10,12,15-16H2,1-4H3,(H,30,31)/t19-,24?/m0/s1. The number of rotatable bonds is 11. The highest BCUT2D eigenvalue weighted by Gasteiger charge is 2.23. The van der Waals surface area contributed by atoms with Gasteiger partial charge in [0.1, 0.15) is 0 Å². The van der Waals surface area contributed by atoms with E-state index in [0.29, 0.717) is 17.4 Å². The van der Waals surface area contributed by atoms with Gasteiger partial charge in [0.15, 0.2) is 0 Å². The number of aromatic nitrogens is 1. The molecule has 0 fully saturated rings. The summed E-state index contributed by atoms with van der Waals surface area (Å²) in [5.74, 6) is 5.94. The van der Waals surface area contributed by atoms with Crippen molar-refractivity contribution in [2.75, 3.05) is 0 Å². The van der Waals surface area contributed by atoms with Crippen LogP contribution < -0.4 is 0 Å². The number of carbonyl (C=O) groups is 1. The van der Waals surface area contributed by atoms with Gasteiger partial charge >= 0.3 is 5.97 Å². The van der Waals surface area contributed by atoms with Crippen molar-refractivity contribution in [2.45, 2.75) is 78.2 Å². The topological polar surface area (TPSA) is 62.5 Å². The highest BCUT2D eigenvalue weighted by molar-refractivity contribution is 6.31. The van der Waals surface area contributed by atoms with Gasteiger partial charge in [-0.15, -0.1) is 11.8 Å². The molecule has 31 heavy (non-hydrogen) atoms. The zero-order chi connectivity index (χ0) is 23.0. The number of carboxylic acid groups (broad SMARTS) is 1. The number of hydrogen-bond donors (Lipinski definition) is 2. The minimum atomic E-state index is -0.834. The number of halogens is 1. The lowest BCUT2D eigenvalue weighted by atomic mass is 9.93. The number of unbranched alkanes of at least 4 members (excludes halogenated alkanes) is 4. The third kappa shape index (κ3) is 7.59. The molecule has 0 amide bonds. The summed E-state index contributed by atoms with van der Waals surface area (Å²) < 4.78 is 2.15. The van der Waals surface area contributed by atoms with E-state index in [4.69, 9.17) is 16.7 Å². The summed E-state index contributed by atoms with van der Waals surface area (Å²) in [6.45, 7) is 6.09. The maximum atomic E-state index is 11.1. The molecule has 0 aliphatic heterocycles. The van der Waals surface area contributed by atoms with Crippen molar-refractivity contribution in [2.24, 2.45) is 18.9 Å². The Bertz CT molecular complexity index is 936. The fourth-order valence-corrected chi connectivity index (χ4v) is 4.36. The number of fused-ring (bicyclic) bond motifs is 1. The van der Waals surface area contributed by atoms with Crippen molar-refractivity contribution in [3.8, 4) is 11.8 Å². The molecule has 0 aliphatic rings. The first-order chi connectivity index (χ1) is 14.7. The fourth-order valence-electron chi connectivity index (χ4n) is 4.19. The largest absolute Gasteiger partial charge is 0.481 e. The molecule has 1 aromatic carbocycles. The maximum Gasteiger partial charge on any atom is 0.303 e. The average molecular weight is 446 g/mol. The molecule has 2 N–H and O–H groups in total. The van der Waals surface area contributed by atoms with E-state index in [1.165, 1.54) is 0 Å². The van der Waals surface area contributed by atoms with Gasteiger partial charge in [0.2, 0.25) is 0 Å². The monoisotopic (exact) mass is 445 g/mol. The number of aliphatic hydroxyl groups is 1. The summed E-state index contributed by atoms with van der Waals surface area (Å²) in [5.41, 5.74) is 3.07. The Morgan fingerprint density at radius 2 is 1.87 bits per heavy atom. The van der Waals surface area contributed by atoms with E-state index in [-0.39, 0.29) is 12.3 Å². The van der Waals surface area contributed by atoms with Crippen LogP contribution >= 0.6 is 11.6 Å². The highest BCUT2D eigenvalue weighted by Crippen LogP contribution is 2.36. The molecule has 0 radical (unpaired) electrons. The second-order valence-electron chi connectivity index (χ2n) is 8.93. The molecule has 2 rings (SSSR count). The Morgan fingerprint density at radius 1 is 1.16 bits per heavy atom. The predicted molar refractivity (Wildman–Crippen MR) is 128 cm³/mol. The summed E-state index contributed by atoms with van der Waals surface area (Å²) in [5, 5.41) is 21.7. The number of aryl methyl sites for hydroxylation is 1. The van der Waals surface area contributed by atoms with Gasteiger partial charge in [-0.1, -0.05) is 45.2 Å². The number of carboxylic acids is 1. The number of benzene rings is 1. The van der Waals surface area contributed by atoms with Gasteiger partial charge < -0.3 is 14.8 Å². The van der Waals surface area contributed by atoms with Crippen LogP contribution in [-0.4, -0.2) is 20.7 Å². The van der Waals surface area contributed by atoms with E-state index in [0.717, 1.165) is 60.7 Å². The van der Waals surface area contributed by atoms with Gasteiger partial charge in [-0.2, -0.15) is 0 Å². The number of aliphatic carboxylic acids is 1. The molecule has 0 aliphatic carbocycles. The molecule has 0 bridgehead atoms. The third-order valence-electron chi connectivity index (χ3n) is 5.66. The molecule has 0 spiro atoms. The second-order valence-corrected chi connectivity index (χ2v) is 9.36. The maximum absolute atomic E-state index is 11.1. The van der Waals surface area contributed by atoms with Crippen molar-refractivity contribution >= 4 is 28.5 Å². The third-order valence-corrected chi connectivity index (χ3v) is 5.90. The van der Waals surface area contributed by atoms with Crippen LogP contribution in [0.1, 0.15) is 83.1 Å². The summed E-state index contributed by atoms with van der Waals surface area (Å²) in [4.78, 5) is 11.0. The van der Waals surface area contributed by atoms with Crippen LogP contribution in [0, 0.1) is 23.7 Å². The SMILES string of the molecule is CC(C)C#CCCCCCCc1c(C(O)C[C@H](C)CC(=O)O)c2cc(Cl)ccc2n1C. The van der Waals surface area contributed by atoms with E-state index in [1.54, 1.807) is 0 Å². The van der Waals surface area contributed by atoms with Crippen LogP contribution in [0.4, 0.5) is 0 Å². The van der Waals surface area contributed by atoms with Crippen LogP contribution in [0.5, 0.6) is 0 Å². The zero-order valence-corrected chi connectivity index (χ0v) is 20.0. The number of aliphatic hydroxyl groups excluding tert-OH is 1. The Hall–Kier alpha value is -1.96. The summed E-state index contributed by atoms with van der Waals surface area (Å²) in [6, 6.07) is 5.77. The Labute approximate surface area is 191 Å².